The van der Waals surface area contributed by atoms with Crippen LogP contribution in [0.4, 0.5) is 5.13 Å². The van der Waals surface area contributed by atoms with Gasteiger partial charge in [-0.15, -0.1) is 23.5 Å². The fourth-order valence-corrected chi connectivity index (χ4v) is 5.35. The summed E-state index contributed by atoms with van der Waals surface area (Å²) >= 11 is 4.91. The number of fused-ring (bicyclic) bond motifs is 1. The summed E-state index contributed by atoms with van der Waals surface area (Å²) in [5, 5.41) is 0.677. The van der Waals surface area contributed by atoms with Crippen molar-refractivity contribution < 1.29 is 9.21 Å². The number of nitrogens with zero attached hydrogens (tertiary/aromatic N) is 2. The maximum atomic E-state index is 13.5. The second kappa shape index (κ2) is 9.07. The second-order valence-corrected chi connectivity index (χ2v) is 9.43. The number of thioether (sulfide) groups is 2. The maximum Gasteiger partial charge on any atom is 0.260 e. The number of thiazole rings is 1. The van der Waals surface area contributed by atoms with Crippen LogP contribution in [0.1, 0.15) is 23.0 Å². The van der Waals surface area contributed by atoms with E-state index in [1.807, 2.05) is 54.8 Å². The Labute approximate surface area is 182 Å². The van der Waals surface area contributed by atoms with E-state index < -0.39 is 0 Å². The molecule has 0 aliphatic carbocycles. The van der Waals surface area contributed by atoms with Crippen molar-refractivity contribution in [3.63, 3.8) is 0 Å². The van der Waals surface area contributed by atoms with Crippen molar-refractivity contribution in [1.29, 1.82) is 0 Å². The van der Waals surface area contributed by atoms with E-state index >= 15 is 0 Å². The van der Waals surface area contributed by atoms with Crippen LogP contribution in [0.3, 0.4) is 0 Å². The number of furan rings is 1. The average Bonchev–Trinajstić information content (AvgIpc) is 3.41. The smallest absolute Gasteiger partial charge is 0.260 e. The lowest BCUT2D eigenvalue weighted by molar-refractivity contribution is 0.0983. The fourth-order valence-electron chi connectivity index (χ4n) is 3.02. The first-order valence-electron chi connectivity index (χ1n) is 9.20. The zero-order chi connectivity index (χ0) is 20.2. The van der Waals surface area contributed by atoms with Crippen molar-refractivity contribution in [3.8, 4) is 0 Å². The Bertz CT molecular complexity index is 1120. The number of para-hydroxylation sites is 1. The first-order valence-corrected chi connectivity index (χ1v) is 12.2. The molecule has 2 heterocycles. The molecule has 148 valence electrons. The molecule has 0 bridgehead atoms. The molecule has 1 amide bonds. The van der Waals surface area contributed by atoms with Crippen molar-refractivity contribution >= 4 is 56.1 Å². The molecule has 0 unspecified atom stereocenters. The normalized spacial score (nSPS) is 11.1. The van der Waals surface area contributed by atoms with Gasteiger partial charge in [0.15, 0.2) is 5.13 Å². The number of carbonyl (C=O) groups excluding carboxylic acids is 1. The Morgan fingerprint density at radius 1 is 1.17 bits per heavy atom. The highest BCUT2D eigenvalue weighted by atomic mass is 32.2. The molecule has 0 saturated heterocycles. The first-order chi connectivity index (χ1) is 14.2. The van der Waals surface area contributed by atoms with Gasteiger partial charge in [-0.3, -0.25) is 9.69 Å². The van der Waals surface area contributed by atoms with Crippen LogP contribution in [0.2, 0.25) is 0 Å². The molecule has 0 radical (unpaired) electrons. The minimum absolute atomic E-state index is 0.0790. The summed E-state index contributed by atoms with van der Waals surface area (Å²) in [4.78, 5) is 22.2. The Balaban J connectivity index is 1.76. The van der Waals surface area contributed by atoms with Gasteiger partial charge in [-0.2, -0.15) is 0 Å². The van der Waals surface area contributed by atoms with Gasteiger partial charge in [0.05, 0.1) is 23.0 Å². The predicted molar refractivity (Wildman–Crippen MR) is 123 cm³/mol. The zero-order valence-corrected chi connectivity index (χ0v) is 18.6. The molecule has 4 rings (SSSR count). The van der Waals surface area contributed by atoms with Crippen LogP contribution in [0, 0.1) is 0 Å². The Morgan fingerprint density at radius 3 is 2.79 bits per heavy atom. The van der Waals surface area contributed by atoms with Crippen molar-refractivity contribution in [1.82, 2.24) is 4.98 Å². The van der Waals surface area contributed by atoms with E-state index in [4.69, 9.17) is 9.40 Å². The third-order valence-electron chi connectivity index (χ3n) is 4.35. The van der Waals surface area contributed by atoms with E-state index in [9.17, 15) is 4.79 Å². The van der Waals surface area contributed by atoms with Gasteiger partial charge < -0.3 is 4.42 Å². The maximum absolute atomic E-state index is 13.5. The number of benzene rings is 2. The molecule has 0 aliphatic rings. The lowest BCUT2D eigenvalue weighted by atomic mass is 10.2. The Kier molecular flexibility index (Phi) is 6.28. The van der Waals surface area contributed by atoms with Gasteiger partial charge in [0, 0.05) is 15.4 Å². The van der Waals surface area contributed by atoms with E-state index in [0.717, 1.165) is 31.5 Å². The molecule has 4 nitrogen and oxygen atoms in total. The molecular formula is C22H20N2O2S3. The number of amides is 1. The number of carbonyl (C=O) groups is 1. The molecule has 0 fully saturated rings. The second-order valence-electron chi connectivity index (χ2n) is 6.23. The molecule has 0 atom stereocenters. The fraction of sp³-hybridized carbons (Fsp3) is 0.182. The number of anilines is 1. The number of hydrogen-bond donors (Lipinski definition) is 0. The monoisotopic (exact) mass is 440 g/mol. The third-order valence-corrected chi connectivity index (χ3v) is 7.04. The highest BCUT2D eigenvalue weighted by molar-refractivity contribution is 7.99. The average molecular weight is 441 g/mol. The number of hydrogen-bond acceptors (Lipinski definition) is 6. The quantitative estimate of drug-likeness (QED) is 0.304. The summed E-state index contributed by atoms with van der Waals surface area (Å²) in [5.41, 5.74) is 1.59. The van der Waals surface area contributed by atoms with E-state index in [2.05, 4.69) is 13.0 Å². The number of aromatic nitrogens is 1. The van der Waals surface area contributed by atoms with Crippen LogP contribution < -0.4 is 4.90 Å². The molecule has 29 heavy (non-hydrogen) atoms. The van der Waals surface area contributed by atoms with Gasteiger partial charge in [-0.05, 0) is 54.5 Å². The summed E-state index contributed by atoms with van der Waals surface area (Å²) in [7, 11) is 0. The predicted octanol–water partition coefficient (Wildman–Crippen LogP) is 6.57. The summed E-state index contributed by atoms with van der Waals surface area (Å²) in [6, 6.07) is 17.6. The van der Waals surface area contributed by atoms with Crippen LogP contribution in [0.5, 0.6) is 0 Å². The molecule has 2 aromatic carbocycles. The molecule has 0 spiro atoms. The first kappa shape index (κ1) is 20.1. The van der Waals surface area contributed by atoms with Gasteiger partial charge in [0.1, 0.15) is 5.76 Å². The van der Waals surface area contributed by atoms with Crippen LogP contribution in [-0.4, -0.2) is 22.9 Å². The minimum atomic E-state index is -0.0790. The van der Waals surface area contributed by atoms with Crippen molar-refractivity contribution in [2.24, 2.45) is 0 Å². The van der Waals surface area contributed by atoms with Gasteiger partial charge in [0.25, 0.3) is 5.91 Å². The van der Waals surface area contributed by atoms with E-state index in [0.29, 0.717) is 17.2 Å². The molecule has 4 aromatic rings. The Hall–Kier alpha value is -2.22. The molecule has 0 N–H and O–H groups in total. The van der Waals surface area contributed by atoms with Crippen LogP contribution in [-0.2, 0) is 6.54 Å². The lowest BCUT2D eigenvalue weighted by Gasteiger charge is -2.19. The number of rotatable bonds is 7. The van der Waals surface area contributed by atoms with Gasteiger partial charge in [-0.25, -0.2) is 4.98 Å². The van der Waals surface area contributed by atoms with Gasteiger partial charge in [-0.1, -0.05) is 30.4 Å². The summed E-state index contributed by atoms with van der Waals surface area (Å²) in [6.07, 6.45) is 3.66. The molecule has 0 aliphatic heterocycles. The van der Waals surface area contributed by atoms with Gasteiger partial charge >= 0.3 is 0 Å². The lowest BCUT2D eigenvalue weighted by Crippen LogP contribution is -2.30. The standard InChI is InChI=1S/C22H20N2O2S3/c1-3-28-17-9-4-7-15(13-17)21(25)24(14-16-8-6-12-26-16)22-23-20-18(27-2)10-5-11-19(20)29-22/h4-13H,3,14H2,1-2H3. The summed E-state index contributed by atoms with van der Waals surface area (Å²) in [5.74, 6) is 1.61. The van der Waals surface area contributed by atoms with Crippen molar-refractivity contribution in [3.05, 3.63) is 72.2 Å². The topological polar surface area (TPSA) is 46.3 Å². The van der Waals surface area contributed by atoms with Crippen LogP contribution >= 0.6 is 34.9 Å². The Morgan fingerprint density at radius 2 is 2.03 bits per heavy atom. The zero-order valence-electron chi connectivity index (χ0n) is 16.1. The molecule has 0 saturated carbocycles. The SMILES string of the molecule is CCSc1cccc(C(=O)N(Cc2ccco2)c2nc3c(SC)cccc3s2)c1. The van der Waals surface area contributed by atoms with Crippen LogP contribution in [0.25, 0.3) is 10.2 Å². The third kappa shape index (κ3) is 4.37. The minimum Gasteiger partial charge on any atom is -0.467 e. The van der Waals surface area contributed by atoms with Crippen molar-refractivity contribution in [2.45, 2.75) is 23.3 Å². The van der Waals surface area contributed by atoms with E-state index in [-0.39, 0.29) is 5.91 Å². The molecule has 7 heteroatoms. The van der Waals surface area contributed by atoms with E-state index in [1.54, 1.807) is 34.7 Å². The van der Waals surface area contributed by atoms with E-state index in [1.165, 1.54) is 11.3 Å². The molecule has 2 aromatic heterocycles. The summed E-state index contributed by atoms with van der Waals surface area (Å²) in [6.45, 7) is 2.44. The van der Waals surface area contributed by atoms with Crippen LogP contribution in [0.15, 0.2) is 75.1 Å². The summed E-state index contributed by atoms with van der Waals surface area (Å²) < 4.78 is 6.60. The largest absolute Gasteiger partial charge is 0.467 e. The van der Waals surface area contributed by atoms with Crippen molar-refractivity contribution in [2.75, 3.05) is 16.9 Å². The highest BCUT2D eigenvalue weighted by Crippen LogP contribution is 2.35. The molecular weight excluding hydrogens is 420 g/mol. The van der Waals surface area contributed by atoms with Gasteiger partial charge in [0.2, 0.25) is 0 Å². The highest BCUT2D eigenvalue weighted by Gasteiger charge is 2.23.